The molecule has 1 amide bonds. The molecule has 0 aliphatic carbocycles. The van der Waals surface area contributed by atoms with E-state index in [4.69, 9.17) is 9.47 Å². The maximum absolute atomic E-state index is 12.4. The van der Waals surface area contributed by atoms with Crippen molar-refractivity contribution in [3.63, 3.8) is 0 Å². The van der Waals surface area contributed by atoms with Crippen LogP contribution in [-0.4, -0.2) is 36.5 Å². The summed E-state index contributed by atoms with van der Waals surface area (Å²) >= 11 is 0. The molecule has 6 heteroatoms. The number of aromatic nitrogens is 2. The van der Waals surface area contributed by atoms with E-state index in [9.17, 15) is 4.79 Å². The van der Waals surface area contributed by atoms with Gasteiger partial charge in [-0.1, -0.05) is 6.07 Å². The van der Waals surface area contributed by atoms with E-state index < -0.39 is 0 Å². The number of benzene rings is 1. The van der Waals surface area contributed by atoms with Crippen LogP contribution in [0.5, 0.6) is 11.5 Å². The maximum Gasteiger partial charge on any atom is 0.254 e. The van der Waals surface area contributed by atoms with Crippen molar-refractivity contribution in [3.8, 4) is 11.5 Å². The monoisotopic (exact) mass is 345 g/mol. The van der Waals surface area contributed by atoms with Gasteiger partial charge in [-0.15, -0.1) is 0 Å². The summed E-state index contributed by atoms with van der Waals surface area (Å²) in [6.07, 6.45) is 2.34. The molecule has 0 fully saturated rings. The highest BCUT2D eigenvalue weighted by molar-refractivity contribution is 5.95. The van der Waals surface area contributed by atoms with Gasteiger partial charge in [0.25, 0.3) is 5.91 Å². The smallest absolute Gasteiger partial charge is 0.254 e. The number of hydrogen-bond acceptors (Lipinski definition) is 4. The first-order valence-corrected chi connectivity index (χ1v) is 8.32. The van der Waals surface area contributed by atoms with Gasteiger partial charge in [-0.25, -0.2) is 0 Å². The molecule has 25 heavy (non-hydrogen) atoms. The van der Waals surface area contributed by atoms with Crippen LogP contribution in [0, 0.1) is 6.92 Å². The lowest BCUT2D eigenvalue weighted by atomic mass is 10.1. The Kier molecular flexibility index (Phi) is 5.72. The van der Waals surface area contributed by atoms with Crippen molar-refractivity contribution in [2.45, 2.75) is 39.7 Å². The van der Waals surface area contributed by atoms with Crippen molar-refractivity contribution in [3.05, 3.63) is 41.2 Å². The van der Waals surface area contributed by atoms with Crippen LogP contribution in [0.15, 0.2) is 24.4 Å². The second kappa shape index (κ2) is 7.59. The molecule has 0 aliphatic heterocycles. The standard InChI is InChI=1S/C19H27N3O3/c1-13-15(12-21-22(13)19(2,3)4)18(23)20-10-9-14-7-8-16(24-5)17(11-14)25-6/h7-8,11-12H,9-10H2,1-6H3,(H,20,23). The van der Waals surface area contributed by atoms with Gasteiger partial charge in [0, 0.05) is 12.2 Å². The fourth-order valence-electron chi connectivity index (χ4n) is 2.76. The van der Waals surface area contributed by atoms with Gasteiger partial charge in [-0.05, 0) is 51.8 Å². The first-order valence-electron chi connectivity index (χ1n) is 8.32. The molecular weight excluding hydrogens is 318 g/mol. The Morgan fingerprint density at radius 3 is 2.44 bits per heavy atom. The molecule has 0 aliphatic rings. The molecule has 0 radical (unpaired) electrons. The van der Waals surface area contributed by atoms with E-state index >= 15 is 0 Å². The van der Waals surface area contributed by atoms with Gasteiger partial charge in [0.05, 0.1) is 31.5 Å². The molecule has 1 heterocycles. The Hall–Kier alpha value is -2.50. The third kappa shape index (κ3) is 4.32. The normalized spacial score (nSPS) is 11.3. The molecule has 136 valence electrons. The number of hydrogen-bond donors (Lipinski definition) is 1. The molecule has 1 aromatic heterocycles. The highest BCUT2D eigenvalue weighted by Gasteiger charge is 2.21. The summed E-state index contributed by atoms with van der Waals surface area (Å²) in [4.78, 5) is 12.4. The second-order valence-electron chi connectivity index (χ2n) is 6.92. The molecule has 0 unspecified atom stereocenters. The largest absolute Gasteiger partial charge is 0.493 e. The summed E-state index contributed by atoms with van der Waals surface area (Å²) in [7, 11) is 3.22. The third-order valence-electron chi connectivity index (χ3n) is 4.04. The van der Waals surface area contributed by atoms with Gasteiger partial charge < -0.3 is 14.8 Å². The molecule has 0 spiro atoms. The SMILES string of the molecule is COc1ccc(CCNC(=O)c2cnn(C(C)(C)C)c2C)cc1OC. The quantitative estimate of drug-likeness (QED) is 0.874. The van der Waals surface area contributed by atoms with Crippen molar-refractivity contribution in [2.75, 3.05) is 20.8 Å². The lowest BCUT2D eigenvalue weighted by Crippen LogP contribution is -2.28. The van der Waals surface area contributed by atoms with Crippen LogP contribution in [0.25, 0.3) is 0 Å². The van der Waals surface area contributed by atoms with Crippen molar-refractivity contribution in [1.29, 1.82) is 0 Å². The fourth-order valence-corrected chi connectivity index (χ4v) is 2.76. The van der Waals surface area contributed by atoms with Gasteiger partial charge in [0.1, 0.15) is 0 Å². The van der Waals surface area contributed by atoms with E-state index in [0.717, 1.165) is 11.3 Å². The van der Waals surface area contributed by atoms with Gasteiger partial charge in [-0.2, -0.15) is 5.10 Å². The van der Waals surface area contributed by atoms with Crippen LogP contribution in [0.4, 0.5) is 0 Å². The zero-order valence-corrected chi connectivity index (χ0v) is 15.8. The molecule has 1 aromatic carbocycles. The Morgan fingerprint density at radius 1 is 1.20 bits per heavy atom. The van der Waals surface area contributed by atoms with E-state index in [0.29, 0.717) is 30.0 Å². The van der Waals surface area contributed by atoms with E-state index in [-0.39, 0.29) is 11.4 Å². The lowest BCUT2D eigenvalue weighted by Gasteiger charge is -2.21. The van der Waals surface area contributed by atoms with E-state index in [1.54, 1.807) is 20.4 Å². The molecular formula is C19H27N3O3. The zero-order chi connectivity index (χ0) is 18.6. The van der Waals surface area contributed by atoms with Crippen LogP contribution in [-0.2, 0) is 12.0 Å². The molecule has 6 nitrogen and oxygen atoms in total. The minimum atomic E-state index is -0.151. The van der Waals surface area contributed by atoms with Gasteiger partial charge in [0.2, 0.25) is 0 Å². The highest BCUT2D eigenvalue weighted by atomic mass is 16.5. The summed E-state index contributed by atoms with van der Waals surface area (Å²) in [5, 5.41) is 7.30. The van der Waals surface area contributed by atoms with Crippen molar-refractivity contribution >= 4 is 5.91 Å². The summed E-state index contributed by atoms with van der Waals surface area (Å²) in [5.74, 6) is 1.28. The van der Waals surface area contributed by atoms with Crippen LogP contribution >= 0.6 is 0 Å². The highest BCUT2D eigenvalue weighted by Crippen LogP contribution is 2.27. The summed E-state index contributed by atoms with van der Waals surface area (Å²) in [6, 6.07) is 5.76. The Bertz CT molecular complexity index is 745. The van der Waals surface area contributed by atoms with Crippen molar-refractivity contribution in [1.82, 2.24) is 15.1 Å². The van der Waals surface area contributed by atoms with Crippen LogP contribution in [0.2, 0.25) is 0 Å². The summed E-state index contributed by atoms with van der Waals surface area (Å²) in [6.45, 7) is 8.64. The number of rotatable bonds is 6. The summed E-state index contributed by atoms with van der Waals surface area (Å²) in [5.41, 5.74) is 2.40. The molecule has 0 saturated heterocycles. The summed E-state index contributed by atoms with van der Waals surface area (Å²) < 4.78 is 12.4. The number of ether oxygens (including phenoxy) is 2. The van der Waals surface area contributed by atoms with Crippen molar-refractivity contribution < 1.29 is 14.3 Å². The number of carbonyl (C=O) groups is 1. The molecule has 1 N–H and O–H groups in total. The minimum Gasteiger partial charge on any atom is -0.493 e. The Labute approximate surface area is 149 Å². The predicted octanol–water partition coefficient (Wildman–Crippen LogP) is 2.94. The third-order valence-corrected chi connectivity index (χ3v) is 4.04. The fraction of sp³-hybridized carbons (Fsp3) is 0.474. The second-order valence-corrected chi connectivity index (χ2v) is 6.92. The number of nitrogens with zero attached hydrogens (tertiary/aromatic N) is 2. The maximum atomic E-state index is 12.4. The van der Waals surface area contributed by atoms with Crippen LogP contribution in [0.3, 0.4) is 0 Å². The van der Waals surface area contributed by atoms with Crippen molar-refractivity contribution in [2.24, 2.45) is 0 Å². The molecule has 0 bridgehead atoms. The van der Waals surface area contributed by atoms with E-state index in [1.807, 2.05) is 29.8 Å². The number of carbonyl (C=O) groups excluding carboxylic acids is 1. The van der Waals surface area contributed by atoms with E-state index in [2.05, 4.69) is 31.2 Å². The van der Waals surface area contributed by atoms with Gasteiger partial charge >= 0.3 is 0 Å². The Morgan fingerprint density at radius 2 is 1.88 bits per heavy atom. The molecule has 0 saturated carbocycles. The van der Waals surface area contributed by atoms with Crippen LogP contribution < -0.4 is 14.8 Å². The van der Waals surface area contributed by atoms with Gasteiger partial charge in [-0.3, -0.25) is 9.48 Å². The molecule has 2 aromatic rings. The number of amides is 1. The first-order chi connectivity index (χ1) is 11.8. The minimum absolute atomic E-state index is 0.103. The van der Waals surface area contributed by atoms with E-state index in [1.165, 1.54) is 0 Å². The Balaban J connectivity index is 1.98. The lowest BCUT2D eigenvalue weighted by molar-refractivity contribution is 0.0953. The number of nitrogens with one attached hydrogen (secondary N) is 1. The first kappa shape index (κ1) is 18.8. The molecule has 2 rings (SSSR count). The molecule has 0 atom stereocenters. The van der Waals surface area contributed by atoms with Crippen LogP contribution in [0.1, 0.15) is 42.4 Å². The topological polar surface area (TPSA) is 65.4 Å². The zero-order valence-electron chi connectivity index (χ0n) is 15.8. The van der Waals surface area contributed by atoms with Gasteiger partial charge in [0.15, 0.2) is 11.5 Å². The average molecular weight is 345 g/mol. The number of methoxy groups -OCH3 is 2. The average Bonchev–Trinajstić information content (AvgIpc) is 2.96. The predicted molar refractivity (Wildman–Crippen MR) is 97.5 cm³/mol.